The number of hydrazine groups is 1. The fourth-order valence-corrected chi connectivity index (χ4v) is 4.97. The van der Waals surface area contributed by atoms with Gasteiger partial charge in [0.25, 0.3) is 0 Å². The molecule has 0 spiro atoms. The van der Waals surface area contributed by atoms with Crippen LogP contribution in [0.15, 0.2) is 6.07 Å². The van der Waals surface area contributed by atoms with Crippen LogP contribution in [-0.2, 0) is 4.79 Å². The Kier molecular flexibility index (Phi) is 13.6. The van der Waals surface area contributed by atoms with Gasteiger partial charge >= 0.3 is 5.97 Å². The number of thiophene rings is 1. The number of aromatic carboxylic acids is 1. The van der Waals surface area contributed by atoms with Crippen LogP contribution >= 0.6 is 11.3 Å². The summed E-state index contributed by atoms with van der Waals surface area (Å²) in [5.74, 6) is 5.64. The van der Waals surface area contributed by atoms with Gasteiger partial charge in [-0.15, -0.1) is 11.3 Å². The lowest BCUT2D eigenvalue weighted by Crippen LogP contribution is -2.45. The van der Waals surface area contributed by atoms with Crippen LogP contribution in [0.5, 0.6) is 0 Å². The average molecular weight is 507 g/mol. The van der Waals surface area contributed by atoms with Crippen molar-refractivity contribution in [3.8, 4) is 11.8 Å². The van der Waals surface area contributed by atoms with Gasteiger partial charge < -0.3 is 10.2 Å². The van der Waals surface area contributed by atoms with Gasteiger partial charge in [-0.25, -0.2) is 15.2 Å². The predicted molar refractivity (Wildman–Crippen MR) is 146 cm³/mol. The van der Waals surface area contributed by atoms with Gasteiger partial charge in [0.05, 0.1) is 16.7 Å². The van der Waals surface area contributed by atoms with Gasteiger partial charge in [-0.05, 0) is 71.3 Å². The molecule has 1 aromatic rings. The Balaban J connectivity index is 0.000000574. The molecule has 35 heavy (non-hydrogen) atoms. The number of aliphatic hydroxyl groups excluding tert-OH is 1. The van der Waals surface area contributed by atoms with Crippen LogP contribution in [0.3, 0.4) is 0 Å². The molecule has 1 amide bonds. The van der Waals surface area contributed by atoms with E-state index in [2.05, 4.69) is 24.2 Å². The van der Waals surface area contributed by atoms with Crippen LogP contribution < -0.4 is 10.4 Å². The fraction of sp³-hybridized carbons (Fsp3) is 0.714. The highest BCUT2D eigenvalue weighted by Gasteiger charge is 2.31. The number of carbonyl (C=O) groups excluding carboxylic acids is 1. The van der Waals surface area contributed by atoms with Crippen LogP contribution in [0.2, 0.25) is 0 Å². The van der Waals surface area contributed by atoms with Gasteiger partial charge in [0.1, 0.15) is 4.88 Å². The molecule has 0 unspecified atom stereocenters. The van der Waals surface area contributed by atoms with Gasteiger partial charge in [0, 0.05) is 18.4 Å². The summed E-state index contributed by atoms with van der Waals surface area (Å²) in [5.41, 5.74) is 3.09. The Bertz CT molecular complexity index is 849. The van der Waals surface area contributed by atoms with E-state index in [-0.39, 0.29) is 28.2 Å². The molecular formula is C28H46N2O4S. The van der Waals surface area contributed by atoms with E-state index < -0.39 is 5.97 Å². The van der Waals surface area contributed by atoms with Crippen LogP contribution in [0.25, 0.3) is 0 Å². The summed E-state index contributed by atoms with van der Waals surface area (Å²) in [6.07, 6.45) is 9.69. The number of anilines is 1. The number of carboxylic acids is 1. The molecule has 3 rings (SSSR count). The first-order valence-electron chi connectivity index (χ1n) is 13.1. The minimum Gasteiger partial charge on any atom is -0.477 e. The third-order valence-corrected chi connectivity index (χ3v) is 7.12. The Morgan fingerprint density at radius 3 is 2.06 bits per heavy atom. The molecule has 2 fully saturated rings. The van der Waals surface area contributed by atoms with Crippen molar-refractivity contribution < 1.29 is 19.8 Å². The van der Waals surface area contributed by atoms with E-state index in [1.54, 1.807) is 13.1 Å². The average Bonchev–Trinajstić information content (AvgIpc) is 3.25. The number of nitrogens with zero attached hydrogens (tertiary/aromatic N) is 1. The van der Waals surface area contributed by atoms with Gasteiger partial charge in [-0.2, -0.15) is 0 Å². The van der Waals surface area contributed by atoms with E-state index in [1.165, 1.54) is 24.3 Å². The van der Waals surface area contributed by atoms with Crippen molar-refractivity contribution in [1.29, 1.82) is 0 Å². The van der Waals surface area contributed by atoms with E-state index in [0.29, 0.717) is 16.5 Å². The third kappa shape index (κ3) is 10.7. The van der Waals surface area contributed by atoms with Crippen molar-refractivity contribution in [2.75, 3.05) is 12.1 Å². The highest BCUT2D eigenvalue weighted by Crippen LogP contribution is 2.34. The normalized spacial score (nSPS) is 20.2. The second kappa shape index (κ2) is 15.3. The van der Waals surface area contributed by atoms with E-state index in [0.717, 1.165) is 49.9 Å². The molecule has 2 aliphatic rings. The number of nitrogens with one attached hydrogen (secondary N) is 1. The molecule has 1 heterocycles. The van der Waals surface area contributed by atoms with Crippen molar-refractivity contribution in [3.63, 3.8) is 0 Å². The SMILES string of the molecule is CC.CNN(C(=O)C1CCC(C)CC1)c1cc(C#CC(C)(C)C)sc1C(=O)O.OC1CCCCC1. The zero-order valence-corrected chi connectivity index (χ0v) is 23.6. The molecule has 7 heteroatoms. The van der Waals surface area contributed by atoms with E-state index in [9.17, 15) is 14.7 Å². The summed E-state index contributed by atoms with van der Waals surface area (Å²) in [6, 6.07) is 1.70. The van der Waals surface area contributed by atoms with Crippen molar-refractivity contribution in [3.05, 3.63) is 15.8 Å². The van der Waals surface area contributed by atoms with Gasteiger partial charge in [-0.3, -0.25) is 4.79 Å². The highest BCUT2D eigenvalue weighted by molar-refractivity contribution is 7.15. The first-order valence-corrected chi connectivity index (χ1v) is 13.9. The molecule has 198 valence electrons. The maximum Gasteiger partial charge on any atom is 0.348 e. The van der Waals surface area contributed by atoms with Crippen molar-refractivity contribution in [2.24, 2.45) is 17.3 Å². The lowest BCUT2D eigenvalue weighted by Gasteiger charge is -2.30. The monoisotopic (exact) mass is 506 g/mol. The molecule has 0 bridgehead atoms. The van der Waals surface area contributed by atoms with Crippen molar-refractivity contribution >= 4 is 28.9 Å². The number of amides is 1. The highest BCUT2D eigenvalue weighted by atomic mass is 32.1. The van der Waals surface area contributed by atoms with Crippen LogP contribution in [-0.4, -0.2) is 35.2 Å². The molecule has 2 aliphatic carbocycles. The van der Waals surface area contributed by atoms with Gasteiger partial charge in [0.2, 0.25) is 5.91 Å². The zero-order valence-electron chi connectivity index (χ0n) is 22.7. The Hall–Kier alpha value is -1.88. The quantitative estimate of drug-likeness (QED) is 0.321. The van der Waals surface area contributed by atoms with Gasteiger partial charge in [0.15, 0.2) is 0 Å². The first-order chi connectivity index (χ1) is 16.5. The summed E-state index contributed by atoms with van der Waals surface area (Å²) in [7, 11) is 1.65. The number of carboxylic acid groups (broad SMARTS) is 1. The predicted octanol–water partition coefficient (Wildman–Crippen LogP) is 6.48. The summed E-state index contributed by atoms with van der Waals surface area (Å²) in [4.78, 5) is 25.5. The molecule has 0 atom stereocenters. The number of hydrogen-bond donors (Lipinski definition) is 3. The molecule has 0 radical (unpaired) electrons. The molecule has 0 aliphatic heterocycles. The summed E-state index contributed by atoms with van der Waals surface area (Å²) in [6.45, 7) is 12.2. The van der Waals surface area contributed by atoms with Crippen molar-refractivity contribution in [2.45, 2.75) is 105 Å². The van der Waals surface area contributed by atoms with Crippen LogP contribution in [0, 0.1) is 29.1 Å². The Morgan fingerprint density at radius 2 is 1.63 bits per heavy atom. The number of aliphatic hydroxyl groups is 1. The van der Waals surface area contributed by atoms with E-state index in [4.69, 9.17) is 5.11 Å². The smallest absolute Gasteiger partial charge is 0.348 e. The second-order valence-corrected chi connectivity index (χ2v) is 11.3. The summed E-state index contributed by atoms with van der Waals surface area (Å²) >= 11 is 1.11. The Morgan fingerprint density at radius 1 is 1.06 bits per heavy atom. The zero-order chi connectivity index (χ0) is 26.6. The van der Waals surface area contributed by atoms with E-state index >= 15 is 0 Å². The molecule has 0 saturated heterocycles. The molecule has 2 saturated carbocycles. The largest absolute Gasteiger partial charge is 0.477 e. The number of rotatable bonds is 4. The molecule has 6 nitrogen and oxygen atoms in total. The molecule has 3 N–H and O–H groups in total. The van der Waals surface area contributed by atoms with Gasteiger partial charge in [-0.1, -0.05) is 51.9 Å². The third-order valence-electron chi connectivity index (χ3n) is 6.09. The maximum absolute atomic E-state index is 13.0. The first kappa shape index (κ1) is 31.2. The van der Waals surface area contributed by atoms with Crippen LogP contribution in [0.1, 0.15) is 114 Å². The second-order valence-electron chi connectivity index (χ2n) is 10.3. The van der Waals surface area contributed by atoms with Crippen molar-refractivity contribution in [1.82, 2.24) is 5.43 Å². The lowest BCUT2D eigenvalue weighted by atomic mass is 9.82. The Labute approximate surface area is 216 Å². The maximum atomic E-state index is 13.0. The fourth-order valence-electron chi connectivity index (χ4n) is 4.13. The molecular weight excluding hydrogens is 460 g/mol. The topological polar surface area (TPSA) is 89.9 Å². The lowest BCUT2D eigenvalue weighted by molar-refractivity contribution is -0.124. The van der Waals surface area contributed by atoms with E-state index in [1.807, 2.05) is 34.6 Å². The number of carbonyl (C=O) groups is 2. The minimum absolute atomic E-state index is 0.0359. The molecule has 1 aromatic heterocycles. The minimum atomic E-state index is -1.04. The summed E-state index contributed by atoms with van der Waals surface area (Å²) in [5, 5.41) is 19.9. The standard InChI is InChI=1S/C20H28N2O3S.C6H12O.C2H6/c1-13-6-8-14(9-7-13)18(23)22(21-5)16-12-15(10-11-20(2,3)4)26-17(16)19(24)25;7-6-4-2-1-3-5-6;1-2/h12-14,21H,6-9H2,1-5H3,(H,24,25);6-7H,1-5H2;1-2H3. The summed E-state index contributed by atoms with van der Waals surface area (Å²) < 4.78 is 0. The molecule has 0 aromatic carbocycles. The van der Waals surface area contributed by atoms with Crippen LogP contribution in [0.4, 0.5) is 5.69 Å². The number of hydrogen-bond acceptors (Lipinski definition) is 5.